The van der Waals surface area contributed by atoms with Crippen LogP contribution in [0.15, 0.2) is 55.1 Å². The van der Waals surface area contributed by atoms with Crippen LogP contribution in [-0.4, -0.2) is 69.7 Å². The number of rotatable bonds is 7. The van der Waals surface area contributed by atoms with Gasteiger partial charge in [0, 0.05) is 37.9 Å². The lowest BCUT2D eigenvalue weighted by molar-refractivity contribution is -0.139. The van der Waals surface area contributed by atoms with Gasteiger partial charge in [0.2, 0.25) is 0 Å². The summed E-state index contributed by atoms with van der Waals surface area (Å²) in [7, 11) is -4.81. The maximum atomic E-state index is 12.2. The summed E-state index contributed by atoms with van der Waals surface area (Å²) in [5, 5.41) is 0.593. The van der Waals surface area contributed by atoms with Gasteiger partial charge in [0.1, 0.15) is 6.04 Å². The van der Waals surface area contributed by atoms with Crippen LogP contribution in [0, 0.1) is 0 Å². The maximum absolute atomic E-state index is 12.2. The van der Waals surface area contributed by atoms with E-state index in [-0.39, 0.29) is 13.2 Å². The molecule has 4 rings (SSSR count). The number of aromatic nitrogens is 2. The van der Waals surface area contributed by atoms with E-state index in [2.05, 4.69) is 14.7 Å². The number of pyridine rings is 1. The van der Waals surface area contributed by atoms with Crippen LogP contribution in [0.1, 0.15) is 12.8 Å². The number of carbonyl (C=O) groups is 2. The second-order valence-corrected chi connectivity index (χ2v) is 7.77. The molecule has 12 nitrogen and oxygen atoms in total. The lowest BCUT2D eigenvalue weighted by atomic mass is 10.0. The number of nitrogens with one attached hydrogen (secondary N) is 1. The highest BCUT2D eigenvalue weighted by Crippen LogP contribution is 2.30. The predicted octanol–water partition coefficient (Wildman–Crippen LogP) is 0.621. The summed E-state index contributed by atoms with van der Waals surface area (Å²) in [4.78, 5) is 34.5. The van der Waals surface area contributed by atoms with E-state index in [0.717, 1.165) is 0 Å². The Morgan fingerprint density at radius 1 is 1.16 bits per heavy atom. The first-order valence-corrected chi connectivity index (χ1v) is 10.9. The van der Waals surface area contributed by atoms with Crippen LogP contribution in [0.4, 0.5) is 4.79 Å². The molecule has 2 bridgehead atoms. The Labute approximate surface area is 179 Å². The van der Waals surface area contributed by atoms with Crippen LogP contribution in [0.25, 0.3) is 0 Å². The molecule has 0 aromatic carbocycles. The molecule has 0 aliphatic carbocycles. The van der Waals surface area contributed by atoms with Crippen molar-refractivity contribution in [2.75, 3.05) is 13.2 Å². The Bertz CT molecular complexity index is 928. The van der Waals surface area contributed by atoms with Gasteiger partial charge in [-0.2, -0.15) is 13.5 Å². The van der Waals surface area contributed by atoms with Crippen molar-refractivity contribution < 1.29 is 31.7 Å². The lowest BCUT2D eigenvalue weighted by Crippen LogP contribution is -2.49. The number of fused-ring (bicyclic) bond motifs is 2. The molecule has 4 heterocycles. The summed E-state index contributed by atoms with van der Waals surface area (Å²) in [6.45, 7) is 0.941. The monoisotopic (exact) mass is 453 g/mol. The fourth-order valence-corrected chi connectivity index (χ4v) is 3.67. The summed E-state index contributed by atoms with van der Waals surface area (Å²) < 4.78 is 36.6. The summed E-state index contributed by atoms with van der Waals surface area (Å²) in [5.74, 6) is -0.493. The molecule has 2 aromatic rings. The SMILES string of the molecule is O=C(NOCCn1cccc1)[C@@H]1CC[C@@H]2CN1C(=O)N2OS(=O)(=O)O.c1ccncc1. The average molecular weight is 453 g/mol. The van der Waals surface area contributed by atoms with Crippen molar-refractivity contribution in [2.45, 2.75) is 31.5 Å². The first-order valence-electron chi connectivity index (χ1n) is 9.49. The Morgan fingerprint density at radius 3 is 2.45 bits per heavy atom. The molecule has 2 saturated heterocycles. The van der Waals surface area contributed by atoms with Crippen LogP contribution in [0.3, 0.4) is 0 Å². The molecule has 2 fully saturated rings. The van der Waals surface area contributed by atoms with E-state index in [9.17, 15) is 18.0 Å². The van der Waals surface area contributed by atoms with Gasteiger partial charge < -0.3 is 9.47 Å². The summed E-state index contributed by atoms with van der Waals surface area (Å²) in [6.07, 6.45) is 7.91. The largest absolute Gasteiger partial charge is 0.418 e. The van der Waals surface area contributed by atoms with Gasteiger partial charge in [-0.1, -0.05) is 6.07 Å². The molecular weight excluding hydrogens is 430 g/mol. The number of hydrogen-bond acceptors (Lipinski definition) is 7. The van der Waals surface area contributed by atoms with E-state index in [1.54, 1.807) is 12.4 Å². The highest BCUT2D eigenvalue weighted by atomic mass is 32.3. The fraction of sp³-hybridized carbons (Fsp3) is 0.389. The Kier molecular flexibility index (Phi) is 7.57. The third-order valence-electron chi connectivity index (χ3n) is 4.66. The van der Waals surface area contributed by atoms with Gasteiger partial charge >= 0.3 is 16.4 Å². The molecule has 13 heteroatoms. The van der Waals surface area contributed by atoms with E-state index in [4.69, 9.17) is 9.39 Å². The smallest absolute Gasteiger partial charge is 0.352 e. The minimum atomic E-state index is -4.81. The summed E-state index contributed by atoms with van der Waals surface area (Å²) in [6, 6.07) is 7.35. The molecule has 0 saturated carbocycles. The highest BCUT2D eigenvalue weighted by molar-refractivity contribution is 7.80. The number of nitrogens with zero attached hydrogens (tertiary/aromatic N) is 4. The van der Waals surface area contributed by atoms with E-state index in [1.807, 2.05) is 47.3 Å². The molecule has 0 unspecified atom stereocenters. The van der Waals surface area contributed by atoms with Crippen LogP contribution < -0.4 is 5.48 Å². The molecule has 2 aliphatic rings. The molecule has 2 N–H and O–H groups in total. The zero-order chi connectivity index (χ0) is 22.3. The van der Waals surface area contributed by atoms with Gasteiger partial charge in [-0.15, -0.1) is 4.28 Å². The standard InChI is InChI=1S/C13H18N4O7S.C5H5N/c18-12(14-23-8-7-15-5-1-2-6-15)11-4-3-10-9-16(11)13(19)17(10)24-25(20,21)22;1-2-4-6-5-3-1/h1-2,5-6,10-11H,3-4,7-9H2,(H,14,18)(H,20,21,22);1-5H/t10-,11+;/m1./s1. The van der Waals surface area contributed by atoms with Crippen LogP contribution in [-0.2, 0) is 30.9 Å². The van der Waals surface area contributed by atoms with Gasteiger partial charge in [-0.25, -0.2) is 10.3 Å². The summed E-state index contributed by atoms with van der Waals surface area (Å²) >= 11 is 0. The van der Waals surface area contributed by atoms with Crippen molar-refractivity contribution >= 4 is 22.3 Å². The van der Waals surface area contributed by atoms with E-state index in [0.29, 0.717) is 24.4 Å². The zero-order valence-electron chi connectivity index (χ0n) is 16.5. The van der Waals surface area contributed by atoms with Crippen LogP contribution in [0.2, 0.25) is 0 Å². The van der Waals surface area contributed by atoms with Crippen molar-refractivity contribution in [2.24, 2.45) is 0 Å². The van der Waals surface area contributed by atoms with Gasteiger partial charge in [-0.3, -0.25) is 19.2 Å². The Balaban J connectivity index is 0.000000391. The number of hydrogen-bond donors (Lipinski definition) is 2. The molecule has 0 radical (unpaired) electrons. The third-order valence-corrected chi connectivity index (χ3v) is 5.01. The molecule has 31 heavy (non-hydrogen) atoms. The molecule has 0 spiro atoms. The van der Waals surface area contributed by atoms with Gasteiger partial charge in [0.15, 0.2) is 0 Å². The third kappa shape index (κ3) is 6.49. The number of hydroxylamine groups is 3. The molecule has 2 atom stereocenters. The molecule has 168 valence electrons. The number of amides is 3. The van der Waals surface area contributed by atoms with E-state index < -0.39 is 34.4 Å². The number of piperidine rings is 1. The maximum Gasteiger partial charge on any atom is 0.418 e. The number of urea groups is 1. The highest BCUT2D eigenvalue weighted by Gasteiger charge is 2.49. The Hall–Kier alpha value is -3.00. The van der Waals surface area contributed by atoms with Crippen molar-refractivity contribution in [1.82, 2.24) is 25.0 Å². The Morgan fingerprint density at radius 2 is 1.87 bits per heavy atom. The van der Waals surface area contributed by atoms with Gasteiger partial charge in [0.25, 0.3) is 5.91 Å². The van der Waals surface area contributed by atoms with Crippen LogP contribution >= 0.6 is 0 Å². The van der Waals surface area contributed by atoms with Crippen molar-refractivity contribution in [1.29, 1.82) is 0 Å². The zero-order valence-corrected chi connectivity index (χ0v) is 17.3. The predicted molar refractivity (Wildman–Crippen MR) is 106 cm³/mol. The molecule has 2 aromatic heterocycles. The average Bonchev–Trinajstić information content (AvgIpc) is 3.35. The quantitative estimate of drug-likeness (QED) is 0.353. The summed E-state index contributed by atoms with van der Waals surface area (Å²) in [5.41, 5.74) is 2.31. The normalized spacial score (nSPS) is 20.2. The number of carbonyl (C=O) groups excluding carboxylic acids is 2. The second kappa shape index (κ2) is 10.3. The first-order chi connectivity index (χ1) is 14.8. The second-order valence-electron chi connectivity index (χ2n) is 6.77. The topological polar surface area (TPSA) is 143 Å². The molecular formula is C18H23N5O7S. The molecule has 2 aliphatic heterocycles. The van der Waals surface area contributed by atoms with E-state index >= 15 is 0 Å². The van der Waals surface area contributed by atoms with Crippen molar-refractivity contribution in [3.63, 3.8) is 0 Å². The van der Waals surface area contributed by atoms with Crippen molar-refractivity contribution in [3.8, 4) is 0 Å². The van der Waals surface area contributed by atoms with Gasteiger partial charge in [-0.05, 0) is 37.1 Å². The van der Waals surface area contributed by atoms with Crippen LogP contribution in [0.5, 0.6) is 0 Å². The lowest BCUT2D eigenvalue weighted by Gasteiger charge is -2.28. The minimum absolute atomic E-state index is 0.135. The van der Waals surface area contributed by atoms with E-state index in [1.165, 1.54) is 4.90 Å². The minimum Gasteiger partial charge on any atom is -0.352 e. The first kappa shape index (κ1) is 22.7. The molecule has 3 amide bonds. The fourth-order valence-electron chi connectivity index (χ4n) is 3.28. The van der Waals surface area contributed by atoms with Gasteiger partial charge in [0.05, 0.1) is 12.6 Å². The van der Waals surface area contributed by atoms with Crippen molar-refractivity contribution in [3.05, 3.63) is 55.1 Å².